The van der Waals surface area contributed by atoms with Crippen LogP contribution in [0.3, 0.4) is 0 Å². The van der Waals surface area contributed by atoms with Crippen LogP contribution in [0, 0.1) is 11.3 Å². The number of rotatable bonds is 3. The van der Waals surface area contributed by atoms with Crippen LogP contribution in [0.25, 0.3) is 0 Å². The Morgan fingerprint density at radius 3 is 2.57 bits per heavy atom. The standard InChI is InChI=1S/C12H26N2/c1-10(2)14-7-5-6-11(8-14)12(3,4)9-13/h10-11H,5-9,13H2,1-4H3. The fourth-order valence-electron chi connectivity index (χ4n) is 2.28. The molecule has 0 aromatic rings. The molecule has 1 fully saturated rings. The minimum absolute atomic E-state index is 0.313. The Balaban J connectivity index is 2.56. The highest BCUT2D eigenvalue weighted by Gasteiger charge is 2.32. The van der Waals surface area contributed by atoms with Crippen LogP contribution >= 0.6 is 0 Å². The molecular formula is C12H26N2. The van der Waals surface area contributed by atoms with Gasteiger partial charge in [0, 0.05) is 12.6 Å². The molecule has 0 aromatic carbocycles. The van der Waals surface area contributed by atoms with Crippen molar-refractivity contribution in [3.63, 3.8) is 0 Å². The predicted molar refractivity (Wildman–Crippen MR) is 62.3 cm³/mol. The molecule has 0 spiro atoms. The molecule has 0 radical (unpaired) electrons. The minimum Gasteiger partial charge on any atom is -0.330 e. The summed E-state index contributed by atoms with van der Waals surface area (Å²) in [6.45, 7) is 12.5. The van der Waals surface area contributed by atoms with Gasteiger partial charge in [-0.1, -0.05) is 13.8 Å². The van der Waals surface area contributed by atoms with Gasteiger partial charge in [-0.15, -0.1) is 0 Å². The van der Waals surface area contributed by atoms with Crippen molar-refractivity contribution in [1.29, 1.82) is 0 Å². The largest absolute Gasteiger partial charge is 0.330 e. The highest BCUT2D eigenvalue weighted by molar-refractivity contribution is 4.85. The topological polar surface area (TPSA) is 29.3 Å². The summed E-state index contributed by atoms with van der Waals surface area (Å²) in [5.74, 6) is 0.781. The lowest BCUT2D eigenvalue weighted by molar-refractivity contribution is 0.0735. The summed E-state index contributed by atoms with van der Waals surface area (Å²) in [5, 5.41) is 0. The Kier molecular flexibility index (Phi) is 3.96. The molecule has 1 rings (SSSR count). The van der Waals surface area contributed by atoms with Gasteiger partial charge in [-0.3, -0.25) is 0 Å². The summed E-state index contributed by atoms with van der Waals surface area (Å²) in [6.07, 6.45) is 2.69. The molecule has 2 nitrogen and oxygen atoms in total. The third kappa shape index (κ3) is 2.71. The highest BCUT2D eigenvalue weighted by Crippen LogP contribution is 2.33. The number of nitrogens with zero attached hydrogens (tertiary/aromatic N) is 1. The van der Waals surface area contributed by atoms with Crippen molar-refractivity contribution in [2.24, 2.45) is 17.1 Å². The van der Waals surface area contributed by atoms with Crippen LogP contribution in [0.1, 0.15) is 40.5 Å². The Hall–Kier alpha value is -0.0800. The lowest BCUT2D eigenvalue weighted by Gasteiger charge is -2.42. The number of nitrogens with two attached hydrogens (primary N) is 1. The van der Waals surface area contributed by atoms with Crippen LogP contribution in [-0.4, -0.2) is 30.6 Å². The van der Waals surface area contributed by atoms with Gasteiger partial charge in [0.15, 0.2) is 0 Å². The first-order valence-corrected chi connectivity index (χ1v) is 5.91. The Morgan fingerprint density at radius 2 is 2.07 bits per heavy atom. The zero-order valence-corrected chi connectivity index (χ0v) is 10.2. The lowest BCUT2D eigenvalue weighted by atomic mass is 9.74. The van der Waals surface area contributed by atoms with Crippen molar-refractivity contribution in [2.45, 2.75) is 46.6 Å². The van der Waals surface area contributed by atoms with Gasteiger partial charge in [-0.2, -0.15) is 0 Å². The first-order valence-electron chi connectivity index (χ1n) is 5.91. The molecule has 84 valence electrons. The average molecular weight is 198 g/mol. The smallest absolute Gasteiger partial charge is 0.00387 e. The van der Waals surface area contributed by atoms with Crippen molar-refractivity contribution >= 4 is 0 Å². The molecule has 1 saturated heterocycles. The SMILES string of the molecule is CC(C)N1CCCC(C(C)(C)CN)C1. The summed E-state index contributed by atoms with van der Waals surface area (Å²) in [5.41, 5.74) is 6.15. The predicted octanol–water partition coefficient (Wildman–Crippen LogP) is 2.09. The number of piperidine rings is 1. The summed E-state index contributed by atoms with van der Waals surface area (Å²) in [6, 6.07) is 0.686. The van der Waals surface area contributed by atoms with Gasteiger partial charge in [-0.25, -0.2) is 0 Å². The van der Waals surface area contributed by atoms with Gasteiger partial charge in [-0.05, 0) is 51.1 Å². The molecule has 1 unspecified atom stereocenters. The fraction of sp³-hybridized carbons (Fsp3) is 1.00. The number of hydrogen-bond donors (Lipinski definition) is 1. The van der Waals surface area contributed by atoms with Gasteiger partial charge in [0.1, 0.15) is 0 Å². The van der Waals surface area contributed by atoms with E-state index in [0.717, 1.165) is 12.5 Å². The van der Waals surface area contributed by atoms with E-state index in [1.807, 2.05) is 0 Å². The quantitative estimate of drug-likeness (QED) is 0.752. The van der Waals surface area contributed by atoms with E-state index < -0.39 is 0 Å². The second-order valence-corrected chi connectivity index (χ2v) is 5.62. The van der Waals surface area contributed by atoms with E-state index in [2.05, 4.69) is 32.6 Å². The third-order valence-electron chi connectivity index (χ3n) is 3.81. The molecule has 0 aliphatic carbocycles. The maximum Gasteiger partial charge on any atom is 0.00387 e. The fourth-order valence-corrected chi connectivity index (χ4v) is 2.28. The molecule has 0 bridgehead atoms. The summed E-state index contributed by atoms with van der Waals surface area (Å²) >= 11 is 0. The summed E-state index contributed by atoms with van der Waals surface area (Å²) < 4.78 is 0. The molecule has 1 aliphatic rings. The first kappa shape index (κ1) is 12.0. The second-order valence-electron chi connectivity index (χ2n) is 5.62. The minimum atomic E-state index is 0.313. The van der Waals surface area contributed by atoms with E-state index >= 15 is 0 Å². The summed E-state index contributed by atoms with van der Waals surface area (Å²) in [7, 11) is 0. The maximum atomic E-state index is 5.84. The molecular weight excluding hydrogens is 172 g/mol. The highest BCUT2D eigenvalue weighted by atomic mass is 15.2. The molecule has 0 amide bonds. The Morgan fingerprint density at radius 1 is 1.43 bits per heavy atom. The normalized spacial score (nSPS) is 25.7. The van der Waals surface area contributed by atoms with Crippen molar-refractivity contribution in [2.75, 3.05) is 19.6 Å². The van der Waals surface area contributed by atoms with Gasteiger partial charge in [0.2, 0.25) is 0 Å². The maximum absolute atomic E-state index is 5.84. The molecule has 2 heteroatoms. The number of hydrogen-bond acceptors (Lipinski definition) is 2. The van der Waals surface area contributed by atoms with Gasteiger partial charge < -0.3 is 10.6 Å². The van der Waals surface area contributed by atoms with Crippen LogP contribution in [0.4, 0.5) is 0 Å². The van der Waals surface area contributed by atoms with Crippen LogP contribution < -0.4 is 5.73 Å². The third-order valence-corrected chi connectivity index (χ3v) is 3.81. The van der Waals surface area contributed by atoms with Crippen LogP contribution in [0.15, 0.2) is 0 Å². The van der Waals surface area contributed by atoms with E-state index in [0.29, 0.717) is 11.5 Å². The van der Waals surface area contributed by atoms with E-state index in [4.69, 9.17) is 5.73 Å². The molecule has 0 saturated carbocycles. The van der Waals surface area contributed by atoms with Gasteiger partial charge in [0.05, 0.1) is 0 Å². The lowest BCUT2D eigenvalue weighted by Crippen LogP contribution is -2.46. The molecule has 1 atom stereocenters. The number of likely N-dealkylation sites (tertiary alicyclic amines) is 1. The monoisotopic (exact) mass is 198 g/mol. The van der Waals surface area contributed by atoms with E-state index in [1.165, 1.54) is 25.9 Å². The molecule has 1 aliphatic heterocycles. The van der Waals surface area contributed by atoms with Crippen molar-refractivity contribution in [3.05, 3.63) is 0 Å². The Labute approximate surface area is 88.8 Å². The average Bonchev–Trinajstić information content (AvgIpc) is 2.18. The molecule has 0 aromatic heterocycles. The van der Waals surface area contributed by atoms with Gasteiger partial charge in [0.25, 0.3) is 0 Å². The van der Waals surface area contributed by atoms with Crippen molar-refractivity contribution < 1.29 is 0 Å². The van der Waals surface area contributed by atoms with Crippen LogP contribution in [0.5, 0.6) is 0 Å². The van der Waals surface area contributed by atoms with E-state index in [-0.39, 0.29) is 0 Å². The van der Waals surface area contributed by atoms with Crippen LogP contribution in [-0.2, 0) is 0 Å². The zero-order valence-electron chi connectivity index (χ0n) is 10.2. The molecule has 14 heavy (non-hydrogen) atoms. The molecule has 2 N–H and O–H groups in total. The zero-order chi connectivity index (χ0) is 10.8. The van der Waals surface area contributed by atoms with E-state index in [1.54, 1.807) is 0 Å². The van der Waals surface area contributed by atoms with E-state index in [9.17, 15) is 0 Å². The van der Waals surface area contributed by atoms with Gasteiger partial charge >= 0.3 is 0 Å². The van der Waals surface area contributed by atoms with Crippen molar-refractivity contribution in [3.8, 4) is 0 Å². The molecule has 1 heterocycles. The Bertz CT molecular complexity index is 175. The van der Waals surface area contributed by atoms with Crippen molar-refractivity contribution in [1.82, 2.24) is 4.90 Å². The first-order chi connectivity index (χ1) is 6.47. The van der Waals surface area contributed by atoms with Crippen LogP contribution in [0.2, 0.25) is 0 Å². The summed E-state index contributed by atoms with van der Waals surface area (Å²) in [4.78, 5) is 2.59. The second kappa shape index (κ2) is 4.63.